The molecule has 0 aromatic heterocycles. The molecule has 3 N–H and O–H groups in total. The van der Waals surface area contributed by atoms with Crippen LogP contribution in [0.25, 0.3) is 0 Å². The highest BCUT2D eigenvalue weighted by atomic mass is 19.3. The molecule has 0 aliphatic rings. The van der Waals surface area contributed by atoms with Gasteiger partial charge in [0.05, 0.1) is 6.04 Å². The number of benzene rings is 1. The van der Waals surface area contributed by atoms with E-state index in [0.29, 0.717) is 0 Å². The second-order valence-corrected chi connectivity index (χ2v) is 2.92. The first-order valence-corrected chi connectivity index (χ1v) is 3.85. The second kappa shape index (κ2) is 3.70. The molecule has 0 fully saturated rings. The lowest BCUT2D eigenvalue weighted by molar-refractivity contribution is 0.115. The van der Waals surface area contributed by atoms with Gasteiger partial charge in [-0.1, -0.05) is 12.1 Å². The molecular weight excluding hydrogens is 176 g/mol. The van der Waals surface area contributed by atoms with Crippen LogP contribution in [0.3, 0.4) is 0 Å². The van der Waals surface area contributed by atoms with Gasteiger partial charge >= 0.3 is 0 Å². The highest BCUT2D eigenvalue weighted by Crippen LogP contribution is 2.27. The third kappa shape index (κ3) is 2.15. The standard InChI is InChI=1S/C9H11F2NO/c1-5-2-3-6(7(13)4-5)8(12)9(10)11/h2-4,8-9,13H,12H2,1H3. The molecule has 0 aliphatic carbocycles. The third-order valence-electron chi connectivity index (χ3n) is 1.82. The fraction of sp³-hybridized carbons (Fsp3) is 0.333. The van der Waals surface area contributed by atoms with E-state index >= 15 is 0 Å². The number of rotatable bonds is 2. The summed E-state index contributed by atoms with van der Waals surface area (Å²) in [5, 5.41) is 9.30. The van der Waals surface area contributed by atoms with Gasteiger partial charge in [0.1, 0.15) is 5.75 Å². The monoisotopic (exact) mass is 187 g/mol. The second-order valence-electron chi connectivity index (χ2n) is 2.92. The Morgan fingerprint density at radius 1 is 1.38 bits per heavy atom. The van der Waals surface area contributed by atoms with Crippen molar-refractivity contribution in [3.05, 3.63) is 29.3 Å². The van der Waals surface area contributed by atoms with E-state index in [1.807, 2.05) is 0 Å². The molecule has 13 heavy (non-hydrogen) atoms. The molecule has 2 nitrogen and oxygen atoms in total. The van der Waals surface area contributed by atoms with Crippen LogP contribution in [0.4, 0.5) is 8.78 Å². The van der Waals surface area contributed by atoms with E-state index in [2.05, 4.69) is 0 Å². The average molecular weight is 187 g/mol. The van der Waals surface area contributed by atoms with E-state index in [0.717, 1.165) is 5.56 Å². The first-order valence-electron chi connectivity index (χ1n) is 3.85. The fourth-order valence-electron chi connectivity index (χ4n) is 1.07. The number of alkyl halides is 2. The van der Waals surface area contributed by atoms with Gasteiger partial charge in [-0.2, -0.15) is 0 Å². The zero-order valence-electron chi connectivity index (χ0n) is 7.17. The van der Waals surface area contributed by atoms with Crippen molar-refractivity contribution in [1.29, 1.82) is 0 Å². The van der Waals surface area contributed by atoms with Gasteiger partial charge in [0, 0.05) is 5.56 Å². The van der Waals surface area contributed by atoms with Crippen LogP contribution in [0, 0.1) is 6.92 Å². The van der Waals surface area contributed by atoms with Crippen molar-refractivity contribution in [3.8, 4) is 5.75 Å². The summed E-state index contributed by atoms with van der Waals surface area (Å²) >= 11 is 0. The van der Waals surface area contributed by atoms with Crippen LogP contribution >= 0.6 is 0 Å². The summed E-state index contributed by atoms with van der Waals surface area (Å²) in [6.45, 7) is 1.76. The molecule has 1 rings (SSSR count). The molecule has 1 aromatic rings. The number of nitrogens with two attached hydrogens (primary N) is 1. The Morgan fingerprint density at radius 3 is 2.46 bits per heavy atom. The summed E-state index contributed by atoms with van der Waals surface area (Å²) in [7, 11) is 0. The predicted octanol–water partition coefficient (Wildman–Crippen LogP) is 1.97. The highest BCUT2D eigenvalue weighted by molar-refractivity contribution is 5.38. The van der Waals surface area contributed by atoms with Crippen LogP contribution in [0.1, 0.15) is 17.2 Å². The number of hydrogen-bond acceptors (Lipinski definition) is 2. The maximum absolute atomic E-state index is 12.2. The van der Waals surface area contributed by atoms with Crippen molar-refractivity contribution in [3.63, 3.8) is 0 Å². The van der Waals surface area contributed by atoms with Gasteiger partial charge in [-0.15, -0.1) is 0 Å². The lowest BCUT2D eigenvalue weighted by atomic mass is 10.1. The smallest absolute Gasteiger partial charge is 0.257 e. The summed E-state index contributed by atoms with van der Waals surface area (Å²) in [6, 6.07) is 3.05. The highest BCUT2D eigenvalue weighted by Gasteiger charge is 2.20. The number of phenolic OH excluding ortho intramolecular Hbond substituents is 1. The molecule has 0 amide bonds. The Bertz CT molecular complexity index is 302. The van der Waals surface area contributed by atoms with E-state index in [4.69, 9.17) is 5.73 Å². The molecule has 0 saturated carbocycles. The minimum atomic E-state index is -2.66. The Labute approximate surface area is 75.0 Å². The Balaban J connectivity index is 3.01. The van der Waals surface area contributed by atoms with E-state index < -0.39 is 12.5 Å². The minimum Gasteiger partial charge on any atom is -0.508 e. The molecule has 72 valence electrons. The fourth-order valence-corrected chi connectivity index (χ4v) is 1.07. The summed E-state index contributed by atoms with van der Waals surface area (Å²) in [5.41, 5.74) is 6.07. The number of halogens is 2. The molecule has 1 aromatic carbocycles. The lowest BCUT2D eigenvalue weighted by Gasteiger charge is -2.12. The van der Waals surface area contributed by atoms with Crippen LogP contribution < -0.4 is 5.73 Å². The molecule has 0 radical (unpaired) electrons. The predicted molar refractivity (Wildman–Crippen MR) is 45.8 cm³/mol. The molecule has 0 aliphatic heterocycles. The van der Waals surface area contributed by atoms with Crippen LogP contribution in [0.5, 0.6) is 5.75 Å². The molecular formula is C9H11F2NO. The van der Waals surface area contributed by atoms with Gasteiger partial charge in [-0.25, -0.2) is 8.78 Å². The molecule has 1 unspecified atom stereocenters. The third-order valence-corrected chi connectivity index (χ3v) is 1.82. The first-order chi connectivity index (χ1) is 6.02. The number of hydrogen-bond donors (Lipinski definition) is 2. The molecule has 0 saturated heterocycles. The number of aromatic hydroxyl groups is 1. The van der Waals surface area contributed by atoms with Crippen LogP contribution in [-0.4, -0.2) is 11.5 Å². The zero-order chi connectivity index (χ0) is 10.0. The molecule has 0 heterocycles. The minimum absolute atomic E-state index is 0.0839. The van der Waals surface area contributed by atoms with Crippen molar-refractivity contribution < 1.29 is 13.9 Å². The molecule has 4 heteroatoms. The van der Waals surface area contributed by atoms with E-state index in [-0.39, 0.29) is 11.3 Å². The Hall–Kier alpha value is -1.16. The summed E-state index contributed by atoms with van der Waals surface area (Å²) < 4.78 is 24.3. The van der Waals surface area contributed by atoms with Gasteiger partial charge in [-0.3, -0.25) is 0 Å². The van der Waals surface area contributed by atoms with Crippen LogP contribution in [0.15, 0.2) is 18.2 Å². The van der Waals surface area contributed by atoms with Crippen molar-refractivity contribution in [2.75, 3.05) is 0 Å². The van der Waals surface area contributed by atoms with Gasteiger partial charge in [0.25, 0.3) is 6.43 Å². The Kier molecular flexibility index (Phi) is 2.83. The van der Waals surface area contributed by atoms with Gasteiger partial charge < -0.3 is 10.8 Å². The van der Waals surface area contributed by atoms with E-state index in [1.54, 1.807) is 13.0 Å². The van der Waals surface area contributed by atoms with E-state index in [1.165, 1.54) is 12.1 Å². The first kappa shape index (κ1) is 9.92. The summed E-state index contributed by atoms with van der Waals surface area (Å²) in [4.78, 5) is 0. The molecule has 0 bridgehead atoms. The summed E-state index contributed by atoms with van der Waals surface area (Å²) in [5.74, 6) is -0.173. The molecule has 1 atom stereocenters. The van der Waals surface area contributed by atoms with Crippen molar-refractivity contribution in [2.45, 2.75) is 19.4 Å². The SMILES string of the molecule is Cc1ccc(C(N)C(F)F)c(O)c1. The van der Waals surface area contributed by atoms with Gasteiger partial charge in [0.2, 0.25) is 0 Å². The normalized spacial score (nSPS) is 13.3. The maximum Gasteiger partial charge on any atom is 0.257 e. The largest absolute Gasteiger partial charge is 0.508 e. The van der Waals surface area contributed by atoms with Gasteiger partial charge in [0.15, 0.2) is 0 Å². The lowest BCUT2D eigenvalue weighted by Crippen LogP contribution is -2.18. The molecule has 0 spiro atoms. The zero-order valence-corrected chi connectivity index (χ0v) is 7.17. The number of aryl methyl sites for hydroxylation is 1. The van der Waals surface area contributed by atoms with E-state index in [9.17, 15) is 13.9 Å². The quantitative estimate of drug-likeness (QED) is 0.743. The van der Waals surface area contributed by atoms with Crippen LogP contribution in [0.2, 0.25) is 0 Å². The topological polar surface area (TPSA) is 46.2 Å². The summed E-state index contributed by atoms with van der Waals surface area (Å²) in [6.07, 6.45) is -2.66. The average Bonchev–Trinajstić information content (AvgIpc) is 2.03. The Morgan fingerprint density at radius 2 is 2.00 bits per heavy atom. The number of phenols is 1. The van der Waals surface area contributed by atoms with Gasteiger partial charge in [-0.05, 0) is 18.6 Å². The maximum atomic E-state index is 12.2. The van der Waals surface area contributed by atoms with Crippen molar-refractivity contribution >= 4 is 0 Å². The van der Waals surface area contributed by atoms with Crippen molar-refractivity contribution in [2.24, 2.45) is 5.73 Å². The van der Waals surface area contributed by atoms with Crippen molar-refractivity contribution in [1.82, 2.24) is 0 Å². The van der Waals surface area contributed by atoms with Crippen LogP contribution in [-0.2, 0) is 0 Å².